The number of morpholine rings is 1. The summed E-state index contributed by atoms with van der Waals surface area (Å²) in [5.41, 5.74) is 7.48. The predicted octanol–water partition coefficient (Wildman–Crippen LogP) is 2.33. The molecular formula is C19H30ClN3O2. The van der Waals surface area contributed by atoms with E-state index in [0.29, 0.717) is 12.1 Å². The Morgan fingerprint density at radius 3 is 2.36 bits per heavy atom. The molecule has 1 heterocycles. The molecule has 1 amide bonds. The first kappa shape index (κ1) is 20.2. The summed E-state index contributed by atoms with van der Waals surface area (Å²) < 4.78 is 5.51. The second kappa shape index (κ2) is 9.53. The van der Waals surface area contributed by atoms with Gasteiger partial charge in [0.2, 0.25) is 0 Å². The van der Waals surface area contributed by atoms with Gasteiger partial charge in [0.1, 0.15) is 0 Å². The van der Waals surface area contributed by atoms with Gasteiger partial charge in [-0.15, -0.1) is 12.4 Å². The van der Waals surface area contributed by atoms with Gasteiger partial charge in [0, 0.05) is 37.3 Å². The molecule has 1 aromatic rings. The van der Waals surface area contributed by atoms with Gasteiger partial charge in [-0.2, -0.15) is 0 Å². The van der Waals surface area contributed by atoms with Crippen LogP contribution in [0.2, 0.25) is 0 Å². The summed E-state index contributed by atoms with van der Waals surface area (Å²) >= 11 is 0. The van der Waals surface area contributed by atoms with Gasteiger partial charge < -0.3 is 15.8 Å². The van der Waals surface area contributed by atoms with Crippen molar-refractivity contribution in [3.05, 3.63) is 35.4 Å². The van der Waals surface area contributed by atoms with Gasteiger partial charge in [-0.05, 0) is 30.5 Å². The van der Waals surface area contributed by atoms with Crippen molar-refractivity contribution in [1.82, 2.24) is 10.2 Å². The van der Waals surface area contributed by atoms with Crippen LogP contribution in [0.1, 0.15) is 48.0 Å². The number of benzene rings is 1. The third kappa shape index (κ3) is 4.94. The van der Waals surface area contributed by atoms with Crippen LogP contribution < -0.4 is 11.1 Å². The molecule has 1 aliphatic heterocycles. The van der Waals surface area contributed by atoms with E-state index in [1.54, 1.807) is 0 Å². The lowest BCUT2D eigenvalue weighted by molar-refractivity contribution is -0.0361. The lowest BCUT2D eigenvalue weighted by atomic mass is 9.79. The van der Waals surface area contributed by atoms with Gasteiger partial charge in [0.05, 0.1) is 13.2 Å². The van der Waals surface area contributed by atoms with Gasteiger partial charge in [-0.1, -0.05) is 31.4 Å². The molecular weight excluding hydrogens is 338 g/mol. The Morgan fingerprint density at radius 1 is 1.12 bits per heavy atom. The molecule has 0 radical (unpaired) electrons. The van der Waals surface area contributed by atoms with Crippen molar-refractivity contribution < 1.29 is 9.53 Å². The Bertz CT molecular complexity index is 538. The van der Waals surface area contributed by atoms with Crippen LogP contribution in [0.4, 0.5) is 0 Å². The van der Waals surface area contributed by atoms with E-state index in [1.165, 1.54) is 32.1 Å². The smallest absolute Gasteiger partial charge is 0.251 e. The Hall–Kier alpha value is -1.14. The van der Waals surface area contributed by atoms with Crippen LogP contribution in [0.3, 0.4) is 0 Å². The van der Waals surface area contributed by atoms with Gasteiger partial charge in [0.15, 0.2) is 0 Å². The van der Waals surface area contributed by atoms with Crippen molar-refractivity contribution in [3.8, 4) is 0 Å². The quantitative estimate of drug-likeness (QED) is 0.838. The number of halogens is 1. The van der Waals surface area contributed by atoms with Gasteiger partial charge >= 0.3 is 0 Å². The molecule has 0 spiro atoms. The first-order chi connectivity index (χ1) is 11.7. The zero-order valence-electron chi connectivity index (χ0n) is 14.8. The molecule has 2 aliphatic rings. The van der Waals surface area contributed by atoms with Crippen molar-refractivity contribution in [1.29, 1.82) is 0 Å². The Labute approximate surface area is 156 Å². The number of nitrogens with two attached hydrogens (primary N) is 1. The van der Waals surface area contributed by atoms with Crippen LogP contribution in [0.25, 0.3) is 0 Å². The molecule has 1 saturated heterocycles. The normalized spacial score (nSPS) is 20.5. The molecule has 0 unspecified atom stereocenters. The van der Waals surface area contributed by atoms with Crippen molar-refractivity contribution in [2.75, 3.05) is 32.8 Å². The molecule has 140 valence electrons. The molecule has 1 aromatic carbocycles. The summed E-state index contributed by atoms with van der Waals surface area (Å²) in [6.07, 6.45) is 6.14. The minimum absolute atomic E-state index is 0. The maximum Gasteiger partial charge on any atom is 0.251 e. The molecule has 0 bridgehead atoms. The van der Waals surface area contributed by atoms with Crippen molar-refractivity contribution in [2.24, 2.45) is 5.73 Å². The summed E-state index contributed by atoms with van der Waals surface area (Å²) in [7, 11) is 0. The summed E-state index contributed by atoms with van der Waals surface area (Å²) in [6.45, 7) is 4.78. The fourth-order valence-corrected chi connectivity index (χ4v) is 3.99. The first-order valence-corrected chi connectivity index (χ1v) is 9.13. The largest absolute Gasteiger partial charge is 0.379 e. The van der Waals surface area contributed by atoms with E-state index in [0.717, 1.165) is 38.4 Å². The molecule has 5 nitrogen and oxygen atoms in total. The first-order valence-electron chi connectivity index (χ1n) is 9.13. The Morgan fingerprint density at radius 2 is 1.76 bits per heavy atom. The lowest BCUT2D eigenvalue weighted by Gasteiger charge is -2.48. The predicted molar refractivity (Wildman–Crippen MR) is 102 cm³/mol. The number of hydrogen-bond acceptors (Lipinski definition) is 4. The molecule has 1 saturated carbocycles. The third-order valence-corrected chi connectivity index (χ3v) is 5.50. The zero-order valence-corrected chi connectivity index (χ0v) is 15.7. The van der Waals surface area contributed by atoms with E-state index in [9.17, 15) is 4.79 Å². The highest BCUT2D eigenvalue weighted by Gasteiger charge is 2.38. The molecule has 1 aliphatic carbocycles. The number of nitrogens with one attached hydrogen (secondary N) is 1. The zero-order chi connectivity index (χ0) is 16.8. The average molecular weight is 368 g/mol. The van der Waals surface area contributed by atoms with E-state index in [-0.39, 0.29) is 23.9 Å². The molecule has 3 N–H and O–H groups in total. The summed E-state index contributed by atoms with van der Waals surface area (Å²) in [4.78, 5) is 15.1. The van der Waals surface area contributed by atoms with E-state index in [1.807, 2.05) is 24.3 Å². The highest BCUT2D eigenvalue weighted by molar-refractivity contribution is 5.94. The van der Waals surface area contributed by atoms with Crippen LogP contribution >= 0.6 is 12.4 Å². The minimum Gasteiger partial charge on any atom is -0.379 e. The van der Waals surface area contributed by atoms with Gasteiger partial charge in [-0.3, -0.25) is 9.69 Å². The van der Waals surface area contributed by atoms with E-state index in [2.05, 4.69) is 10.2 Å². The van der Waals surface area contributed by atoms with Crippen LogP contribution in [-0.4, -0.2) is 49.2 Å². The number of amides is 1. The SMILES string of the molecule is Cl.NCc1ccc(C(=O)NCC2(N3CCOCC3)CCCCC2)cc1. The molecule has 6 heteroatoms. The highest BCUT2D eigenvalue weighted by Crippen LogP contribution is 2.33. The summed E-state index contributed by atoms with van der Waals surface area (Å²) in [6, 6.07) is 7.57. The summed E-state index contributed by atoms with van der Waals surface area (Å²) in [5, 5.41) is 3.19. The number of rotatable bonds is 5. The lowest BCUT2D eigenvalue weighted by Crippen LogP contribution is -2.59. The fraction of sp³-hybridized carbons (Fsp3) is 0.632. The third-order valence-electron chi connectivity index (χ3n) is 5.50. The van der Waals surface area contributed by atoms with Crippen molar-refractivity contribution in [2.45, 2.75) is 44.2 Å². The van der Waals surface area contributed by atoms with Crippen molar-refractivity contribution in [3.63, 3.8) is 0 Å². The molecule has 3 rings (SSSR count). The highest BCUT2D eigenvalue weighted by atomic mass is 35.5. The number of nitrogens with zero attached hydrogens (tertiary/aromatic N) is 1. The number of carbonyl (C=O) groups excluding carboxylic acids is 1. The molecule has 2 fully saturated rings. The van der Waals surface area contributed by atoms with Crippen LogP contribution in [0.15, 0.2) is 24.3 Å². The van der Waals surface area contributed by atoms with Gasteiger partial charge in [0.25, 0.3) is 5.91 Å². The number of hydrogen-bond donors (Lipinski definition) is 2. The van der Waals surface area contributed by atoms with Crippen LogP contribution in [0.5, 0.6) is 0 Å². The molecule has 0 atom stereocenters. The maximum absolute atomic E-state index is 12.5. The number of carbonyl (C=O) groups is 1. The van der Waals surface area contributed by atoms with Crippen LogP contribution in [-0.2, 0) is 11.3 Å². The number of ether oxygens (including phenoxy) is 1. The molecule has 25 heavy (non-hydrogen) atoms. The second-order valence-corrected chi connectivity index (χ2v) is 6.97. The van der Waals surface area contributed by atoms with E-state index in [4.69, 9.17) is 10.5 Å². The fourth-order valence-electron chi connectivity index (χ4n) is 3.99. The summed E-state index contributed by atoms with van der Waals surface area (Å²) in [5.74, 6) is 0.0109. The maximum atomic E-state index is 12.5. The van der Waals surface area contributed by atoms with Crippen LogP contribution in [0, 0.1) is 0 Å². The molecule has 0 aromatic heterocycles. The van der Waals surface area contributed by atoms with E-state index < -0.39 is 0 Å². The Kier molecular flexibility index (Phi) is 7.69. The topological polar surface area (TPSA) is 67.6 Å². The van der Waals surface area contributed by atoms with Crippen molar-refractivity contribution >= 4 is 18.3 Å². The minimum atomic E-state index is 0. The van der Waals surface area contributed by atoms with Gasteiger partial charge in [-0.25, -0.2) is 0 Å². The monoisotopic (exact) mass is 367 g/mol. The Balaban J connectivity index is 0.00000225. The average Bonchev–Trinajstić information content (AvgIpc) is 2.67. The van der Waals surface area contributed by atoms with E-state index >= 15 is 0 Å². The second-order valence-electron chi connectivity index (χ2n) is 6.97. The standard InChI is InChI=1S/C19H29N3O2.ClH/c20-14-16-4-6-17(7-5-16)18(23)21-15-19(8-2-1-3-9-19)22-10-12-24-13-11-22;/h4-7H,1-3,8-15,20H2,(H,21,23);1H.